The number of rotatable bonds is 2. The van der Waals surface area contributed by atoms with Crippen molar-refractivity contribution in [3.8, 4) is 0 Å². The molecule has 2 heterocycles. The summed E-state index contributed by atoms with van der Waals surface area (Å²) in [6.07, 6.45) is 8.20. The largest absolute Gasteiger partial charge is 0.309 e. The van der Waals surface area contributed by atoms with Gasteiger partial charge in [-0.1, -0.05) is 19.3 Å². The SMILES string of the molecule is ClCc1nc2cc(Br)cnc2n1C1CCCCC1. The highest BCUT2D eigenvalue weighted by atomic mass is 79.9. The number of hydrogen-bond donors (Lipinski definition) is 0. The van der Waals surface area contributed by atoms with Crippen molar-refractivity contribution in [1.82, 2.24) is 14.5 Å². The smallest absolute Gasteiger partial charge is 0.160 e. The average molecular weight is 329 g/mol. The second-order valence-corrected chi connectivity index (χ2v) is 6.00. The minimum absolute atomic E-state index is 0.449. The molecule has 0 unspecified atom stereocenters. The number of pyridine rings is 1. The minimum atomic E-state index is 0.449. The van der Waals surface area contributed by atoms with Crippen LogP contribution in [0.3, 0.4) is 0 Å². The summed E-state index contributed by atoms with van der Waals surface area (Å²) >= 11 is 9.48. The molecule has 1 fully saturated rings. The number of nitrogens with zero attached hydrogens (tertiary/aromatic N) is 3. The molecule has 2 aromatic heterocycles. The Morgan fingerprint density at radius 1 is 1.33 bits per heavy atom. The molecule has 1 saturated carbocycles. The quantitative estimate of drug-likeness (QED) is 0.763. The van der Waals surface area contributed by atoms with Crippen LogP contribution < -0.4 is 0 Å². The fourth-order valence-corrected chi connectivity index (χ4v) is 3.33. The molecule has 0 spiro atoms. The number of aromatic nitrogens is 3. The third-order valence-corrected chi connectivity index (χ3v) is 4.30. The molecule has 3 rings (SSSR count). The maximum absolute atomic E-state index is 6.04. The zero-order valence-electron chi connectivity index (χ0n) is 10.1. The molecule has 18 heavy (non-hydrogen) atoms. The Bertz CT molecular complexity index is 561. The van der Waals surface area contributed by atoms with E-state index < -0.39 is 0 Å². The van der Waals surface area contributed by atoms with Gasteiger partial charge in [-0.15, -0.1) is 11.6 Å². The van der Waals surface area contributed by atoms with Crippen molar-refractivity contribution in [2.24, 2.45) is 0 Å². The van der Waals surface area contributed by atoms with Gasteiger partial charge in [-0.25, -0.2) is 9.97 Å². The molecular weight excluding hydrogens is 314 g/mol. The Balaban J connectivity index is 2.12. The zero-order valence-corrected chi connectivity index (χ0v) is 12.4. The Morgan fingerprint density at radius 2 is 2.11 bits per heavy atom. The van der Waals surface area contributed by atoms with E-state index >= 15 is 0 Å². The standard InChI is InChI=1S/C13H15BrClN3/c14-9-6-11-13(16-8-9)18(12(7-15)17-11)10-4-2-1-3-5-10/h6,8,10H,1-5,7H2. The van der Waals surface area contributed by atoms with Crippen LogP contribution in [-0.2, 0) is 5.88 Å². The third-order valence-electron chi connectivity index (χ3n) is 3.63. The first-order valence-electron chi connectivity index (χ1n) is 6.38. The van der Waals surface area contributed by atoms with Crippen LogP contribution in [0.4, 0.5) is 0 Å². The first kappa shape index (κ1) is 12.4. The average Bonchev–Trinajstić information content (AvgIpc) is 2.77. The monoisotopic (exact) mass is 327 g/mol. The van der Waals surface area contributed by atoms with Crippen molar-refractivity contribution in [2.45, 2.75) is 44.0 Å². The van der Waals surface area contributed by atoms with Crippen molar-refractivity contribution in [3.63, 3.8) is 0 Å². The summed E-state index contributed by atoms with van der Waals surface area (Å²) in [5, 5.41) is 0. The molecule has 1 aliphatic rings. The van der Waals surface area contributed by atoms with Gasteiger partial charge in [-0.2, -0.15) is 0 Å². The van der Waals surface area contributed by atoms with Crippen molar-refractivity contribution < 1.29 is 0 Å². The van der Waals surface area contributed by atoms with Gasteiger partial charge < -0.3 is 4.57 Å². The van der Waals surface area contributed by atoms with E-state index in [1.54, 1.807) is 0 Å². The fourth-order valence-electron chi connectivity index (χ4n) is 2.82. The second kappa shape index (κ2) is 5.17. The molecule has 0 aromatic carbocycles. The van der Waals surface area contributed by atoms with Gasteiger partial charge in [-0.05, 0) is 34.8 Å². The summed E-state index contributed by atoms with van der Waals surface area (Å²) in [5.41, 5.74) is 1.91. The van der Waals surface area contributed by atoms with Crippen molar-refractivity contribution in [2.75, 3.05) is 0 Å². The summed E-state index contributed by atoms with van der Waals surface area (Å²) < 4.78 is 3.22. The molecule has 96 valence electrons. The first-order valence-corrected chi connectivity index (χ1v) is 7.70. The number of imidazole rings is 1. The molecule has 0 amide bonds. The Labute approximate surface area is 120 Å². The number of halogens is 2. The highest BCUT2D eigenvalue weighted by Crippen LogP contribution is 2.32. The lowest BCUT2D eigenvalue weighted by molar-refractivity contribution is 0.353. The predicted molar refractivity (Wildman–Crippen MR) is 76.9 cm³/mol. The molecule has 0 N–H and O–H groups in total. The summed E-state index contributed by atoms with van der Waals surface area (Å²) in [6.45, 7) is 0. The van der Waals surface area contributed by atoms with E-state index in [0.29, 0.717) is 11.9 Å². The van der Waals surface area contributed by atoms with Crippen LogP contribution in [0, 0.1) is 0 Å². The molecule has 0 radical (unpaired) electrons. The maximum Gasteiger partial charge on any atom is 0.160 e. The summed E-state index contributed by atoms with van der Waals surface area (Å²) in [7, 11) is 0. The Morgan fingerprint density at radius 3 is 2.83 bits per heavy atom. The van der Waals surface area contributed by atoms with Crippen LogP contribution in [0.1, 0.15) is 44.0 Å². The highest BCUT2D eigenvalue weighted by molar-refractivity contribution is 9.10. The Kier molecular flexibility index (Phi) is 3.57. The lowest BCUT2D eigenvalue weighted by Gasteiger charge is -2.24. The topological polar surface area (TPSA) is 30.7 Å². The van der Waals surface area contributed by atoms with Gasteiger partial charge in [0, 0.05) is 16.7 Å². The van der Waals surface area contributed by atoms with Gasteiger partial charge in [0.05, 0.1) is 5.88 Å². The molecule has 5 heteroatoms. The van der Waals surface area contributed by atoms with Gasteiger partial charge in [0.2, 0.25) is 0 Å². The summed E-state index contributed by atoms with van der Waals surface area (Å²) in [5.74, 6) is 1.40. The van der Waals surface area contributed by atoms with Crippen LogP contribution >= 0.6 is 27.5 Å². The van der Waals surface area contributed by atoms with Gasteiger partial charge >= 0.3 is 0 Å². The van der Waals surface area contributed by atoms with Crippen LogP contribution in [0.15, 0.2) is 16.7 Å². The van der Waals surface area contributed by atoms with E-state index in [1.165, 1.54) is 32.1 Å². The second-order valence-electron chi connectivity index (χ2n) is 4.82. The van der Waals surface area contributed by atoms with Crippen molar-refractivity contribution >= 4 is 38.7 Å². The molecule has 0 saturated heterocycles. The number of alkyl halides is 1. The van der Waals surface area contributed by atoms with E-state index in [1.807, 2.05) is 12.3 Å². The van der Waals surface area contributed by atoms with Gasteiger partial charge in [0.1, 0.15) is 11.3 Å². The van der Waals surface area contributed by atoms with Crippen molar-refractivity contribution in [1.29, 1.82) is 0 Å². The summed E-state index contributed by atoms with van der Waals surface area (Å²) in [4.78, 5) is 9.13. The van der Waals surface area contributed by atoms with Crippen LogP contribution in [0.25, 0.3) is 11.2 Å². The normalized spacial score (nSPS) is 17.4. The molecule has 0 atom stereocenters. The molecule has 3 nitrogen and oxygen atoms in total. The number of fused-ring (bicyclic) bond motifs is 1. The number of hydrogen-bond acceptors (Lipinski definition) is 2. The third kappa shape index (κ3) is 2.16. The lowest BCUT2D eigenvalue weighted by atomic mass is 9.95. The molecule has 2 aromatic rings. The van der Waals surface area contributed by atoms with Gasteiger partial charge in [0.25, 0.3) is 0 Å². The van der Waals surface area contributed by atoms with Crippen LogP contribution in [0.2, 0.25) is 0 Å². The fraction of sp³-hybridized carbons (Fsp3) is 0.538. The van der Waals surface area contributed by atoms with E-state index in [9.17, 15) is 0 Å². The van der Waals surface area contributed by atoms with Gasteiger partial charge in [0.15, 0.2) is 5.65 Å². The van der Waals surface area contributed by atoms with Crippen molar-refractivity contribution in [3.05, 3.63) is 22.6 Å². The molecule has 1 aliphatic carbocycles. The predicted octanol–water partition coefficient (Wildman–Crippen LogP) is 4.44. The van der Waals surface area contributed by atoms with E-state index in [-0.39, 0.29) is 0 Å². The van der Waals surface area contributed by atoms with Gasteiger partial charge in [-0.3, -0.25) is 0 Å². The summed E-state index contributed by atoms with van der Waals surface area (Å²) in [6, 6.07) is 2.53. The zero-order chi connectivity index (χ0) is 12.5. The Hall–Kier alpha value is -0.610. The molecule has 0 bridgehead atoms. The minimum Gasteiger partial charge on any atom is -0.309 e. The lowest BCUT2D eigenvalue weighted by Crippen LogP contribution is -2.15. The van der Waals surface area contributed by atoms with Crippen LogP contribution in [0.5, 0.6) is 0 Å². The maximum atomic E-state index is 6.04. The van der Waals surface area contributed by atoms with E-state index in [4.69, 9.17) is 11.6 Å². The molecule has 0 aliphatic heterocycles. The molecular formula is C13H15BrClN3. The first-order chi connectivity index (χ1) is 8.79. The van der Waals surface area contributed by atoms with E-state index in [2.05, 4.69) is 30.5 Å². The van der Waals surface area contributed by atoms with E-state index in [0.717, 1.165) is 21.5 Å². The highest BCUT2D eigenvalue weighted by Gasteiger charge is 2.21. The van der Waals surface area contributed by atoms with Crippen LogP contribution in [-0.4, -0.2) is 14.5 Å².